The van der Waals surface area contributed by atoms with Gasteiger partial charge in [-0.15, -0.1) is 0 Å². The van der Waals surface area contributed by atoms with Gasteiger partial charge in [0.2, 0.25) is 0 Å². The maximum atomic E-state index is 2.41. The molecule has 11 aromatic rings. The molecule has 3 nitrogen and oxygen atoms in total. The fourth-order valence-corrected chi connectivity index (χ4v) is 8.48. The fraction of sp³-hybridized carbons (Fsp3) is 0. The first-order valence-electron chi connectivity index (χ1n) is 18.2. The average molecular weight is 676 g/mol. The van der Waals surface area contributed by atoms with E-state index in [0.29, 0.717) is 0 Å². The Morgan fingerprint density at radius 1 is 0.302 bits per heavy atom. The van der Waals surface area contributed by atoms with E-state index in [0.717, 1.165) is 28.4 Å². The molecule has 0 aliphatic rings. The van der Waals surface area contributed by atoms with E-state index in [1.54, 1.807) is 0 Å². The third kappa shape index (κ3) is 4.61. The van der Waals surface area contributed by atoms with Crippen molar-refractivity contribution in [2.45, 2.75) is 0 Å². The van der Waals surface area contributed by atoms with Gasteiger partial charge in [-0.2, -0.15) is 0 Å². The molecule has 0 atom stereocenters. The van der Waals surface area contributed by atoms with Crippen LogP contribution in [0.5, 0.6) is 0 Å². The Balaban J connectivity index is 1.09. The summed E-state index contributed by atoms with van der Waals surface area (Å²) in [5.41, 5.74) is 12.9. The monoisotopic (exact) mass is 675 g/mol. The van der Waals surface area contributed by atoms with Crippen molar-refractivity contribution in [3.05, 3.63) is 200 Å². The first-order valence-corrected chi connectivity index (χ1v) is 18.2. The van der Waals surface area contributed by atoms with Crippen LogP contribution in [0.15, 0.2) is 200 Å². The molecule has 0 bridgehead atoms. The Bertz CT molecular complexity index is 3010. The minimum atomic E-state index is 1.10. The Labute approximate surface area is 307 Å². The number of hydrogen-bond acceptors (Lipinski definition) is 1. The first-order chi connectivity index (χ1) is 26.3. The number of rotatable bonds is 6. The van der Waals surface area contributed by atoms with Crippen molar-refractivity contribution in [1.29, 1.82) is 0 Å². The van der Waals surface area contributed by atoms with Crippen molar-refractivity contribution < 1.29 is 0 Å². The summed E-state index contributed by atoms with van der Waals surface area (Å²) in [6.45, 7) is 0. The number of anilines is 3. The van der Waals surface area contributed by atoms with Gasteiger partial charge in [0.1, 0.15) is 0 Å². The summed E-state index contributed by atoms with van der Waals surface area (Å²) in [6.07, 6.45) is 0. The topological polar surface area (TPSA) is 13.1 Å². The molecule has 2 aromatic heterocycles. The van der Waals surface area contributed by atoms with Gasteiger partial charge in [0, 0.05) is 50.0 Å². The van der Waals surface area contributed by atoms with E-state index < -0.39 is 0 Å². The van der Waals surface area contributed by atoms with Gasteiger partial charge in [-0.3, -0.25) is 0 Å². The lowest BCUT2D eigenvalue weighted by Gasteiger charge is -2.26. The fourth-order valence-electron chi connectivity index (χ4n) is 8.48. The summed E-state index contributed by atoms with van der Waals surface area (Å²) in [7, 11) is 0. The minimum Gasteiger partial charge on any atom is -0.310 e. The molecule has 0 spiro atoms. The van der Waals surface area contributed by atoms with Gasteiger partial charge in [-0.25, -0.2) is 0 Å². The van der Waals surface area contributed by atoms with Crippen LogP contribution in [0.2, 0.25) is 0 Å². The van der Waals surface area contributed by atoms with Gasteiger partial charge < -0.3 is 14.0 Å². The zero-order valence-corrected chi connectivity index (χ0v) is 28.9. The van der Waals surface area contributed by atoms with Gasteiger partial charge in [0.15, 0.2) is 0 Å². The number of nitrogens with zero attached hydrogens (tertiary/aromatic N) is 3. The van der Waals surface area contributed by atoms with Gasteiger partial charge in [-0.1, -0.05) is 115 Å². The predicted octanol–water partition coefficient (Wildman–Crippen LogP) is 13.6. The molecule has 53 heavy (non-hydrogen) atoms. The number of hydrogen-bond donors (Lipinski definition) is 0. The van der Waals surface area contributed by atoms with E-state index in [-0.39, 0.29) is 0 Å². The third-order valence-corrected chi connectivity index (χ3v) is 10.9. The van der Waals surface area contributed by atoms with Crippen LogP contribution >= 0.6 is 0 Å². The Hall–Kier alpha value is -7.10. The second-order valence-electron chi connectivity index (χ2n) is 13.8. The van der Waals surface area contributed by atoms with Crippen molar-refractivity contribution >= 4 is 71.4 Å². The quantitative estimate of drug-likeness (QED) is 0.160. The molecule has 11 rings (SSSR count). The maximum absolute atomic E-state index is 2.41. The summed E-state index contributed by atoms with van der Waals surface area (Å²) in [6, 6.07) is 72.6. The van der Waals surface area contributed by atoms with E-state index in [1.165, 1.54) is 65.5 Å². The average Bonchev–Trinajstić information content (AvgIpc) is 3.75. The van der Waals surface area contributed by atoms with Gasteiger partial charge in [-0.05, 0) is 107 Å². The Kier molecular flexibility index (Phi) is 6.55. The molecule has 0 radical (unpaired) electrons. The van der Waals surface area contributed by atoms with Crippen molar-refractivity contribution in [2.75, 3.05) is 4.90 Å². The molecule has 0 amide bonds. The number of fused-ring (bicyclic) bond motifs is 3. The van der Waals surface area contributed by atoms with Crippen LogP contribution in [0.3, 0.4) is 0 Å². The first kappa shape index (κ1) is 29.6. The van der Waals surface area contributed by atoms with Crippen molar-refractivity contribution in [3.8, 4) is 22.5 Å². The van der Waals surface area contributed by atoms with Crippen molar-refractivity contribution in [3.63, 3.8) is 0 Å². The van der Waals surface area contributed by atoms with Crippen LogP contribution in [0, 0.1) is 0 Å². The molecule has 0 aliphatic heterocycles. The van der Waals surface area contributed by atoms with Crippen molar-refractivity contribution in [2.24, 2.45) is 0 Å². The smallest absolute Gasteiger partial charge is 0.0547 e. The van der Waals surface area contributed by atoms with E-state index in [1.807, 2.05) is 0 Å². The van der Waals surface area contributed by atoms with E-state index in [2.05, 4.69) is 214 Å². The highest BCUT2D eigenvalue weighted by atomic mass is 15.1. The van der Waals surface area contributed by atoms with Crippen molar-refractivity contribution in [1.82, 2.24) is 9.13 Å². The highest BCUT2D eigenvalue weighted by Crippen LogP contribution is 2.42. The molecule has 9 aromatic carbocycles. The summed E-state index contributed by atoms with van der Waals surface area (Å²) in [4.78, 5) is 2.38. The standard InChI is InChI=1S/C50H33N3/c1-3-11-34(12-4-1)35-23-25-39(26-24-35)51(42-31-32-46-44(33-42)43-17-7-8-18-45(43)52(46)38-15-5-2-6-16-38)40-27-29-41(30-28-40)53-47-19-9-13-36-21-22-37-14-10-20-48(53)50(37)49(36)47/h1-33H. The summed E-state index contributed by atoms with van der Waals surface area (Å²) in [5, 5.41) is 7.66. The van der Waals surface area contributed by atoms with Gasteiger partial charge in [0.25, 0.3) is 0 Å². The summed E-state index contributed by atoms with van der Waals surface area (Å²) < 4.78 is 4.79. The van der Waals surface area contributed by atoms with Crippen LogP contribution in [0.25, 0.3) is 76.9 Å². The molecule has 3 heteroatoms. The summed E-state index contributed by atoms with van der Waals surface area (Å²) >= 11 is 0. The second kappa shape index (κ2) is 11.7. The predicted molar refractivity (Wildman–Crippen MR) is 224 cm³/mol. The SMILES string of the molecule is c1ccc(-c2ccc(N(c3ccc(-n4c5cccc6ccc7cccc4c7c65)cc3)c3ccc4c(c3)c3ccccc3n4-c3ccccc3)cc2)cc1. The highest BCUT2D eigenvalue weighted by Gasteiger charge is 2.19. The number of aromatic nitrogens is 2. The highest BCUT2D eigenvalue weighted by molar-refractivity contribution is 6.24. The molecule has 0 saturated carbocycles. The molecular weight excluding hydrogens is 643 g/mol. The lowest BCUT2D eigenvalue weighted by Crippen LogP contribution is -2.10. The van der Waals surface area contributed by atoms with E-state index in [4.69, 9.17) is 0 Å². The van der Waals surface area contributed by atoms with Crippen LogP contribution in [0.4, 0.5) is 17.1 Å². The van der Waals surface area contributed by atoms with Crippen LogP contribution in [-0.2, 0) is 0 Å². The maximum Gasteiger partial charge on any atom is 0.0547 e. The van der Waals surface area contributed by atoms with Crippen LogP contribution < -0.4 is 4.90 Å². The molecule has 248 valence electrons. The molecule has 0 unspecified atom stereocenters. The normalized spacial score (nSPS) is 11.8. The zero-order valence-electron chi connectivity index (χ0n) is 28.9. The lowest BCUT2D eigenvalue weighted by molar-refractivity contribution is 1.17. The van der Waals surface area contributed by atoms with Crippen LogP contribution in [-0.4, -0.2) is 9.13 Å². The zero-order chi connectivity index (χ0) is 34.9. The lowest BCUT2D eigenvalue weighted by atomic mass is 10.0. The van der Waals surface area contributed by atoms with Crippen LogP contribution in [0.1, 0.15) is 0 Å². The second-order valence-corrected chi connectivity index (χ2v) is 13.8. The summed E-state index contributed by atoms with van der Waals surface area (Å²) in [5.74, 6) is 0. The molecule has 0 fully saturated rings. The Morgan fingerprint density at radius 2 is 0.792 bits per heavy atom. The molecule has 0 N–H and O–H groups in total. The number of para-hydroxylation sites is 2. The molecule has 2 heterocycles. The van der Waals surface area contributed by atoms with Gasteiger partial charge in [0.05, 0.1) is 22.1 Å². The van der Waals surface area contributed by atoms with E-state index in [9.17, 15) is 0 Å². The van der Waals surface area contributed by atoms with Gasteiger partial charge >= 0.3 is 0 Å². The number of benzene rings is 9. The minimum absolute atomic E-state index is 1.10. The largest absolute Gasteiger partial charge is 0.310 e. The molecule has 0 saturated heterocycles. The van der Waals surface area contributed by atoms with E-state index >= 15 is 0 Å². The Morgan fingerprint density at radius 3 is 1.47 bits per heavy atom. The molecule has 0 aliphatic carbocycles. The molecular formula is C50H33N3. The third-order valence-electron chi connectivity index (χ3n) is 10.9.